The number of amides is 1. The van der Waals surface area contributed by atoms with Gasteiger partial charge in [0.15, 0.2) is 4.80 Å². The van der Waals surface area contributed by atoms with E-state index < -0.39 is 11.9 Å². The number of rotatable bonds is 6. The first-order chi connectivity index (χ1) is 13.9. The first kappa shape index (κ1) is 21.5. The minimum Gasteiger partial charge on any atom is -0.462 e. The van der Waals surface area contributed by atoms with Crippen molar-refractivity contribution in [1.82, 2.24) is 4.57 Å². The molecule has 0 aliphatic rings. The van der Waals surface area contributed by atoms with E-state index in [0.29, 0.717) is 45.7 Å². The molecule has 2 aromatic carbocycles. The van der Waals surface area contributed by atoms with Crippen LogP contribution in [0.2, 0.25) is 10.0 Å². The fourth-order valence-electron chi connectivity index (χ4n) is 2.73. The minimum absolute atomic E-state index is 0.297. The van der Waals surface area contributed by atoms with Gasteiger partial charge in [-0.05, 0) is 43.3 Å². The third-order valence-corrected chi connectivity index (χ3v) is 5.50. The predicted octanol–water partition coefficient (Wildman–Crippen LogP) is 4.57. The molecule has 0 radical (unpaired) electrons. The molecule has 1 aromatic heterocycles. The van der Waals surface area contributed by atoms with Gasteiger partial charge in [0.25, 0.3) is 5.91 Å². The van der Waals surface area contributed by atoms with Crippen LogP contribution in [-0.4, -0.2) is 36.8 Å². The van der Waals surface area contributed by atoms with Crippen LogP contribution in [0.3, 0.4) is 0 Å². The fraction of sp³-hybridized carbons (Fsp3) is 0.250. The van der Waals surface area contributed by atoms with Crippen molar-refractivity contribution >= 4 is 56.6 Å². The van der Waals surface area contributed by atoms with E-state index in [1.807, 2.05) is 10.6 Å². The lowest BCUT2D eigenvalue weighted by Gasteiger charge is -2.05. The number of fused-ring (bicyclic) bond motifs is 1. The van der Waals surface area contributed by atoms with Gasteiger partial charge in [-0.2, -0.15) is 4.99 Å². The smallest absolute Gasteiger partial charge is 0.338 e. The van der Waals surface area contributed by atoms with E-state index in [4.69, 9.17) is 32.7 Å². The Labute approximate surface area is 181 Å². The Morgan fingerprint density at radius 1 is 1.10 bits per heavy atom. The topological polar surface area (TPSA) is 69.9 Å². The molecule has 0 fully saturated rings. The normalized spacial score (nSPS) is 11.8. The number of hydrogen-bond acceptors (Lipinski definition) is 5. The van der Waals surface area contributed by atoms with Crippen LogP contribution in [0.1, 0.15) is 27.6 Å². The number of thiazole rings is 1. The van der Waals surface area contributed by atoms with Gasteiger partial charge in [-0.1, -0.05) is 34.5 Å². The first-order valence-corrected chi connectivity index (χ1v) is 10.3. The average molecular weight is 453 g/mol. The van der Waals surface area contributed by atoms with Gasteiger partial charge in [-0.3, -0.25) is 4.79 Å². The molecule has 0 saturated heterocycles. The Bertz CT molecular complexity index is 1120. The number of carbonyl (C=O) groups is 2. The summed E-state index contributed by atoms with van der Waals surface area (Å²) in [6.07, 6.45) is 0. The van der Waals surface area contributed by atoms with E-state index in [1.165, 1.54) is 23.5 Å². The third-order valence-electron chi connectivity index (χ3n) is 4.02. The Morgan fingerprint density at radius 3 is 2.48 bits per heavy atom. The number of ether oxygens (including phenoxy) is 2. The highest BCUT2D eigenvalue weighted by atomic mass is 35.5. The third kappa shape index (κ3) is 5.05. The number of esters is 1. The molecule has 1 heterocycles. The van der Waals surface area contributed by atoms with Crippen molar-refractivity contribution in [1.29, 1.82) is 0 Å². The van der Waals surface area contributed by atoms with Crippen LogP contribution >= 0.6 is 34.5 Å². The molecular weight excluding hydrogens is 435 g/mol. The number of hydrogen-bond donors (Lipinski definition) is 0. The highest BCUT2D eigenvalue weighted by Gasteiger charge is 2.13. The van der Waals surface area contributed by atoms with Crippen molar-refractivity contribution in [3.05, 3.63) is 62.4 Å². The van der Waals surface area contributed by atoms with Gasteiger partial charge < -0.3 is 14.0 Å². The summed E-state index contributed by atoms with van der Waals surface area (Å²) in [7, 11) is 1.60. The molecule has 0 atom stereocenters. The zero-order valence-corrected chi connectivity index (χ0v) is 18.1. The summed E-state index contributed by atoms with van der Waals surface area (Å²) in [5.41, 5.74) is 1.58. The molecule has 0 unspecified atom stereocenters. The van der Waals surface area contributed by atoms with E-state index >= 15 is 0 Å². The highest BCUT2D eigenvalue weighted by molar-refractivity contribution is 7.16. The van der Waals surface area contributed by atoms with Crippen LogP contribution in [-0.2, 0) is 16.0 Å². The average Bonchev–Trinajstić information content (AvgIpc) is 3.01. The van der Waals surface area contributed by atoms with Crippen molar-refractivity contribution in [2.45, 2.75) is 13.5 Å². The minimum atomic E-state index is -0.460. The maximum atomic E-state index is 12.7. The van der Waals surface area contributed by atoms with Gasteiger partial charge in [0.2, 0.25) is 0 Å². The summed E-state index contributed by atoms with van der Waals surface area (Å²) in [5, 5.41) is 0.720. The lowest BCUT2D eigenvalue weighted by molar-refractivity contribution is 0.0526. The van der Waals surface area contributed by atoms with Crippen molar-refractivity contribution < 1.29 is 19.1 Å². The molecule has 29 heavy (non-hydrogen) atoms. The summed E-state index contributed by atoms with van der Waals surface area (Å²) in [5.74, 6) is -0.855. The van der Waals surface area contributed by atoms with Crippen LogP contribution < -0.4 is 4.80 Å². The van der Waals surface area contributed by atoms with Crippen molar-refractivity contribution in [2.24, 2.45) is 4.99 Å². The van der Waals surface area contributed by atoms with Crippen molar-refractivity contribution in [3.63, 3.8) is 0 Å². The van der Waals surface area contributed by atoms with Gasteiger partial charge in [0.1, 0.15) is 0 Å². The summed E-state index contributed by atoms with van der Waals surface area (Å²) >= 11 is 13.3. The van der Waals surface area contributed by atoms with E-state index in [-0.39, 0.29) is 0 Å². The molecule has 1 amide bonds. The molecule has 0 aliphatic heterocycles. The summed E-state index contributed by atoms with van der Waals surface area (Å²) in [6.45, 7) is 2.99. The number of carbonyl (C=O) groups excluding carboxylic acids is 2. The van der Waals surface area contributed by atoms with Crippen LogP contribution in [0.5, 0.6) is 0 Å². The molecule has 152 valence electrons. The Morgan fingerprint density at radius 2 is 1.83 bits per heavy atom. The number of methoxy groups -OCH3 is 1. The standard InChI is InChI=1S/C20H18Cl2N2O4S/c1-3-28-19(26)12-4-5-16-17(10-12)29-20(24(16)6-7-27-2)23-18(25)13-8-14(21)11-15(22)9-13/h4-5,8-11H,3,6-7H2,1-2H3. The molecule has 0 N–H and O–H groups in total. The first-order valence-electron chi connectivity index (χ1n) is 8.77. The van der Waals surface area contributed by atoms with Crippen LogP contribution in [0.4, 0.5) is 0 Å². The van der Waals surface area contributed by atoms with E-state index in [9.17, 15) is 9.59 Å². The van der Waals surface area contributed by atoms with Crippen molar-refractivity contribution in [2.75, 3.05) is 20.3 Å². The monoisotopic (exact) mass is 452 g/mol. The summed E-state index contributed by atoms with van der Waals surface area (Å²) < 4.78 is 12.9. The Hall–Kier alpha value is -2.19. The zero-order chi connectivity index (χ0) is 21.0. The molecule has 3 aromatic rings. The lowest BCUT2D eigenvalue weighted by atomic mass is 10.2. The highest BCUT2D eigenvalue weighted by Crippen LogP contribution is 2.22. The quantitative estimate of drug-likeness (QED) is 0.513. The molecule has 0 bridgehead atoms. The van der Waals surface area contributed by atoms with Gasteiger partial charge in [-0.25, -0.2) is 4.79 Å². The lowest BCUT2D eigenvalue weighted by Crippen LogP contribution is -2.19. The maximum Gasteiger partial charge on any atom is 0.338 e. The summed E-state index contributed by atoms with van der Waals surface area (Å²) in [6, 6.07) is 9.83. The molecule has 0 saturated carbocycles. The van der Waals surface area contributed by atoms with Crippen LogP contribution in [0, 0.1) is 0 Å². The molecule has 3 rings (SSSR count). The van der Waals surface area contributed by atoms with Gasteiger partial charge in [0, 0.05) is 29.3 Å². The van der Waals surface area contributed by atoms with E-state index in [0.717, 1.165) is 10.2 Å². The van der Waals surface area contributed by atoms with E-state index in [1.54, 1.807) is 32.2 Å². The number of halogens is 2. The number of nitrogens with zero attached hydrogens (tertiary/aromatic N) is 2. The second-order valence-corrected chi connectivity index (χ2v) is 7.89. The molecular formula is C20H18Cl2N2O4S. The van der Waals surface area contributed by atoms with E-state index in [2.05, 4.69) is 4.99 Å². The summed E-state index contributed by atoms with van der Waals surface area (Å²) in [4.78, 5) is 29.5. The maximum absolute atomic E-state index is 12.7. The second kappa shape index (κ2) is 9.54. The SMILES string of the molecule is CCOC(=O)c1ccc2c(c1)sc(=NC(=O)c1cc(Cl)cc(Cl)c1)n2CCOC. The molecule has 0 aliphatic carbocycles. The second-order valence-electron chi connectivity index (χ2n) is 6.01. The van der Waals surface area contributed by atoms with Crippen molar-refractivity contribution in [3.8, 4) is 0 Å². The van der Waals surface area contributed by atoms with Crippen LogP contribution in [0.15, 0.2) is 41.4 Å². The molecule has 9 heteroatoms. The fourth-order valence-corrected chi connectivity index (χ4v) is 4.35. The van der Waals surface area contributed by atoms with Gasteiger partial charge in [-0.15, -0.1) is 0 Å². The van der Waals surface area contributed by atoms with Crippen LogP contribution in [0.25, 0.3) is 10.2 Å². The number of aromatic nitrogens is 1. The predicted molar refractivity (Wildman–Crippen MR) is 114 cm³/mol. The molecule has 0 spiro atoms. The Balaban J connectivity index is 2.10. The zero-order valence-electron chi connectivity index (χ0n) is 15.8. The number of benzene rings is 2. The van der Waals surface area contributed by atoms with Gasteiger partial charge in [0.05, 0.1) is 29.0 Å². The molecule has 6 nitrogen and oxygen atoms in total. The van der Waals surface area contributed by atoms with Gasteiger partial charge >= 0.3 is 5.97 Å². The Kier molecular flexibility index (Phi) is 7.08. The largest absolute Gasteiger partial charge is 0.462 e.